The summed E-state index contributed by atoms with van der Waals surface area (Å²) in [6, 6.07) is -0.608. The number of hydrogen-bond donors (Lipinski definition) is 5. The largest absolute Gasteiger partial charge is 0.390 e. The molecule has 2 heterocycles. The van der Waals surface area contributed by atoms with Crippen molar-refractivity contribution >= 4 is 17.1 Å². The lowest BCUT2D eigenvalue weighted by atomic mass is 10.2. The van der Waals surface area contributed by atoms with Crippen molar-refractivity contribution in [3.63, 3.8) is 0 Å². The summed E-state index contributed by atoms with van der Waals surface area (Å²) in [7, 11) is 0. The first-order valence-corrected chi connectivity index (χ1v) is 5.75. The molecule has 1 unspecified atom stereocenters. The van der Waals surface area contributed by atoms with Crippen LogP contribution in [0.1, 0.15) is 12.5 Å². The minimum absolute atomic E-state index is 0.0622. The molecule has 6 N–H and O–H groups in total. The minimum Gasteiger partial charge on any atom is -0.390 e. The summed E-state index contributed by atoms with van der Waals surface area (Å²) < 4.78 is 1.45. The Balaban J connectivity index is 2.14. The number of fused-ring (bicyclic) bond motifs is 1. The molecule has 0 aromatic carbocycles. The molecule has 0 spiro atoms. The van der Waals surface area contributed by atoms with Crippen LogP contribution in [0.15, 0.2) is 11.1 Å². The van der Waals surface area contributed by atoms with Gasteiger partial charge in [0.2, 0.25) is 5.95 Å². The fraction of sp³-hybridized carbons (Fsp3) is 0.500. The summed E-state index contributed by atoms with van der Waals surface area (Å²) in [5.74, 6) is -0.0622. The van der Waals surface area contributed by atoms with Crippen LogP contribution in [-0.4, -0.2) is 53.2 Å². The predicted octanol–water partition coefficient (Wildman–Crippen LogP) is -2.27. The number of nitrogens with one attached hydrogen (secondary N) is 1. The maximum Gasteiger partial charge on any atom is 0.280 e. The molecule has 2 aromatic heterocycles. The Morgan fingerprint density at radius 3 is 2.74 bits per heavy atom. The van der Waals surface area contributed by atoms with Crippen LogP contribution in [0.25, 0.3) is 11.2 Å². The number of aromatic nitrogens is 4. The van der Waals surface area contributed by atoms with Gasteiger partial charge in [-0.05, 0) is 6.42 Å². The zero-order valence-corrected chi connectivity index (χ0v) is 9.76. The summed E-state index contributed by atoms with van der Waals surface area (Å²) in [6.07, 6.45) is -1.94. The monoisotopic (exact) mass is 267 g/mol. The predicted molar refractivity (Wildman–Crippen MR) is 64.2 cm³/mol. The van der Waals surface area contributed by atoms with Crippen LogP contribution in [0.5, 0.6) is 0 Å². The Morgan fingerprint density at radius 1 is 1.37 bits per heavy atom. The lowest BCUT2D eigenvalue weighted by molar-refractivity contribution is -0.0244. The molecule has 1 aliphatic carbocycles. The van der Waals surface area contributed by atoms with Gasteiger partial charge >= 0.3 is 0 Å². The second-order valence-electron chi connectivity index (χ2n) is 4.63. The Bertz CT molecular complexity index is 680. The Morgan fingerprint density at radius 2 is 2.11 bits per heavy atom. The molecule has 0 aliphatic heterocycles. The zero-order valence-electron chi connectivity index (χ0n) is 9.76. The molecule has 0 radical (unpaired) electrons. The number of aliphatic hydroxyl groups excluding tert-OH is 3. The first-order chi connectivity index (χ1) is 8.99. The van der Waals surface area contributed by atoms with Crippen LogP contribution in [0.3, 0.4) is 0 Å². The smallest absolute Gasteiger partial charge is 0.280 e. The average molecular weight is 267 g/mol. The minimum atomic E-state index is -1.23. The number of H-pyrrole nitrogens is 1. The van der Waals surface area contributed by atoms with Crippen LogP contribution in [0.2, 0.25) is 0 Å². The van der Waals surface area contributed by atoms with Crippen LogP contribution in [0, 0.1) is 0 Å². The third kappa shape index (κ3) is 1.70. The van der Waals surface area contributed by atoms with Crippen molar-refractivity contribution in [1.82, 2.24) is 19.5 Å². The lowest BCUT2D eigenvalue weighted by Crippen LogP contribution is -2.31. The van der Waals surface area contributed by atoms with Crippen molar-refractivity contribution < 1.29 is 15.3 Å². The number of anilines is 1. The highest BCUT2D eigenvalue weighted by atomic mass is 16.4. The molecule has 4 atom stereocenters. The summed E-state index contributed by atoms with van der Waals surface area (Å²) in [5.41, 5.74) is 5.30. The molecule has 1 saturated carbocycles. The highest BCUT2D eigenvalue weighted by molar-refractivity contribution is 5.70. The second kappa shape index (κ2) is 4.02. The van der Waals surface area contributed by atoms with Gasteiger partial charge in [-0.1, -0.05) is 0 Å². The molecule has 0 amide bonds. The van der Waals surface area contributed by atoms with Gasteiger partial charge in [0.15, 0.2) is 11.2 Å². The number of imidazole rings is 1. The van der Waals surface area contributed by atoms with E-state index in [-0.39, 0.29) is 23.5 Å². The van der Waals surface area contributed by atoms with Crippen molar-refractivity contribution in [2.24, 2.45) is 0 Å². The number of hydrogen-bond acceptors (Lipinski definition) is 7. The standard InChI is InChI=1S/C10H13N5O4/c11-10-13-8-5(9(19)14-10)12-2-15(8)3-1-4(16)7(18)6(3)17/h2-4,6-7,16-18H,1H2,(H3,11,13,14,19)/t3?,4-,6-,7+/m0/s1. The number of nitrogens with two attached hydrogens (primary N) is 1. The van der Waals surface area contributed by atoms with Crippen molar-refractivity contribution in [3.8, 4) is 0 Å². The Hall–Kier alpha value is -1.97. The first kappa shape index (κ1) is 12.1. The van der Waals surface area contributed by atoms with E-state index in [0.717, 1.165) is 0 Å². The van der Waals surface area contributed by atoms with Gasteiger partial charge in [0.05, 0.1) is 18.5 Å². The van der Waals surface area contributed by atoms with E-state index in [1.165, 1.54) is 10.9 Å². The van der Waals surface area contributed by atoms with E-state index < -0.39 is 29.9 Å². The topological polar surface area (TPSA) is 150 Å². The third-order valence-corrected chi connectivity index (χ3v) is 3.43. The number of nitrogen functional groups attached to an aromatic ring is 1. The highest BCUT2D eigenvalue weighted by Crippen LogP contribution is 2.32. The van der Waals surface area contributed by atoms with Crippen LogP contribution >= 0.6 is 0 Å². The lowest BCUT2D eigenvalue weighted by Gasteiger charge is -2.17. The van der Waals surface area contributed by atoms with Gasteiger partial charge in [-0.15, -0.1) is 0 Å². The van der Waals surface area contributed by atoms with Gasteiger partial charge in [0, 0.05) is 0 Å². The molecular weight excluding hydrogens is 254 g/mol. The van der Waals surface area contributed by atoms with E-state index in [2.05, 4.69) is 15.0 Å². The van der Waals surface area contributed by atoms with Gasteiger partial charge in [-0.2, -0.15) is 4.98 Å². The van der Waals surface area contributed by atoms with Gasteiger partial charge in [-0.25, -0.2) is 4.98 Å². The molecule has 19 heavy (non-hydrogen) atoms. The summed E-state index contributed by atoms with van der Waals surface area (Å²) in [6.45, 7) is 0. The molecule has 9 nitrogen and oxygen atoms in total. The molecule has 0 bridgehead atoms. The van der Waals surface area contributed by atoms with Crippen LogP contribution in [0.4, 0.5) is 5.95 Å². The van der Waals surface area contributed by atoms with Gasteiger partial charge in [0.1, 0.15) is 12.2 Å². The quantitative estimate of drug-likeness (QED) is 0.391. The molecule has 3 rings (SSSR count). The maximum absolute atomic E-state index is 11.6. The molecule has 2 aromatic rings. The molecular formula is C10H13N5O4. The van der Waals surface area contributed by atoms with Gasteiger partial charge in [0.25, 0.3) is 5.56 Å². The molecule has 1 aliphatic rings. The SMILES string of the molecule is Nc1nc2c(ncn2C2C[C@H](O)[C@@H](O)[C@H]2O)c(=O)[nH]1. The van der Waals surface area contributed by atoms with E-state index in [4.69, 9.17) is 5.73 Å². The summed E-state index contributed by atoms with van der Waals surface area (Å²) in [4.78, 5) is 21.8. The fourth-order valence-corrected chi connectivity index (χ4v) is 2.45. The van der Waals surface area contributed by atoms with E-state index in [1.807, 2.05) is 0 Å². The molecule has 9 heteroatoms. The second-order valence-corrected chi connectivity index (χ2v) is 4.63. The molecule has 102 valence electrons. The number of rotatable bonds is 1. The number of aliphatic hydroxyl groups is 3. The van der Waals surface area contributed by atoms with Crippen molar-refractivity contribution in [3.05, 3.63) is 16.7 Å². The van der Waals surface area contributed by atoms with Crippen molar-refractivity contribution in [2.45, 2.75) is 30.8 Å². The van der Waals surface area contributed by atoms with E-state index in [0.29, 0.717) is 0 Å². The maximum atomic E-state index is 11.6. The normalized spacial score (nSPS) is 31.1. The summed E-state index contributed by atoms with van der Waals surface area (Å²) >= 11 is 0. The average Bonchev–Trinajstić information content (AvgIpc) is 2.86. The first-order valence-electron chi connectivity index (χ1n) is 5.75. The summed E-state index contributed by atoms with van der Waals surface area (Å²) in [5, 5.41) is 29.0. The van der Waals surface area contributed by atoms with E-state index in [9.17, 15) is 20.1 Å². The number of nitrogens with zero attached hydrogens (tertiary/aromatic N) is 3. The molecule has 0 saturated heterocycles. The van der Waals surface area contributed by atoms with Crippen molar-refractivity contribution in [2.75, 3.05) is 5.73 Å². The van der Waals surface area contributed by atoms with Gasteiger partial charge in [-0.3, -0.25) is 9.78 Å². The number of aromatic amines is 1. The highest BCUT2D eigenvalue weighted by Gasteiger charge is 2.42. The third-order valence-electron chi connectivity index (χ3n) is 3.43. The van der Waals surface area contributed by atoms with E-state index in [1.54, 1.807) is 0 Å². The molecule has 1 fully saturated rings. The zero-order chi connectivity index (χ0) is 13.7. The van der Waals surface area contributed by atoms with Crippen LogP contribution < -0.4 is 11.3 Å². The van der Waals surface area contributed by atoms with Gasteiger partial charge < -0.3 is 25.6 Å². The fourth-order valence-electron chi connectivity index (χ4n) is 2.45. The Labute approximate surface area is 106 Å². The van der Waals surface area contributed by atoms with Crippen LogP contribution in [-0.2, 0) is 0 Å². The Kier molecular flexibility index (Phi) is 2.55. The van der Waals surface area contributed by atoms with Crippen molar-refractivity contribution in [1.29, 1.82) is 0 Å². The van der Waals surface area contributed by atoms with E-state index >= 15 is 0 Å².